The Hall–Kier alpha value is -4.32. The van der Waals surface area contributed by atoms with Gasteiger partial charge in [-0.25, -0.2) is 13.8 Å². The lowest BCUT2D eigenvalue weighted by atomic mass is 10.1. The summed E-state index contributed by atoms with van der Waals surface area (Å²) in [5, 5.41) is 15.7. The summed E-state index contributed by atoms with van der Waals surface area (Å²) in [5.41, 5.74) is 0.531. The molecule has 2 atom stereocenters. The van der Waals surface area contributed by atoms with Crippen molar-refractivity contribution in [3.63, 3.8) is 0 Å². The number of pyridine rings is 3. The van der Waals surface area contributed by atoms with Crippen LogP contribution in [0.2, 0.25) is 5.02 Å². The van der Waals surface area contributed by atoms with Gasteiger partial charge in [0.25, 0.3) is 5.56 Å². The summed E-state index contributed by atoms with van der Waals surface area (Å²) < 4.78 is 57.1. The molecule has 10 nitrogen and oxygen atoms in total. The van der Waals surface area contributed by atoms with Gasteiger partial charge < -0.3 is 0 Å². The van der Waals surface area contributed by atoms with E-state index < -0.39 is 24.2 Å². The van der Waals surface area contributed by atoms with Gasteiger partial charge in [-0.15, -0.1) is 10.2 Å². The van der Waals surface area contributed by atoms with Crippen LogP contribution in [0.25, 0.3) is 22.8 Å². The number of hydrogen-bond donors (Lipinski definition) is 0. The maximum Gasteiger partial charge on any atom is 0.274 e. The third-order valence-corrected chi connectivity index (χ3v) is 7.55. The van der Waals surface area contributed by atoms with E-state index in [0.29, 0.717) is 45.4 Å². The molecule has 13 heteroatoms. The van der Waals surface area contributed by atoms with Gasteiger partial charge in [0.1, 0.15) is 22.4 Å². The van der Waals surface area contributed by atoms with Crippen LogP contribution in [0.3, 0.4) is 0 Å². The van der Waals surface area contributed by atoms with Crippen LogP contribution in [0.15, 0.2) is 35.5 Å². The molecular formula is C27H24ClF2N9O. The molecule has 0 amide bonds. The van der Waals surface area contributed by atoms with Crippen LogP contribution in [0, 0.1) is 39.3 Å². The van der Waals surface area contributed by atoms with Gasteiger partial charge in [-0.3, -0.25) is 18.9 Å². The van der Waals surface area contributed by atoms with Crippen LogP contribution in [0.5, 0.6) is 0 Å². The molecule has 5 heterocycles. The summed E-state index contributed by atoms with van der Waals surface area (Å²) >= 11 is 6.59. The second-order valence-corrected chi connectivity index (χ2v) is 10.2. The largest absolute Gasteiger partial charge is 0.277 e. The summed E-state index contributed by atoms with van der Waals surface area (Å²) in [7, 11) is 0. The molecule has 0 saturated heterocycles. The number of hydrogen-bond acceptors (Lipinski definition) is 7. The Bertz CT molecular complexity index is 1970. The maximum atomic E-state index is 16.3. The van der Waals surface area contributed by atoms with Gasteiger partial charge in [0, 0.05) is 40.7 Å². The van der Waals surface area contributed by atoms with Crippen molar-refractivity contribution in [1.82, 2.24) is 44.3 Å². The van der Waals surface area contributed by atoms with E-state index in [9.17, 15) is 4.79 Å². The molecule has 1 aliphatic rings. The minimum Gasteiger partial charge on any atom is -0.277 e. The number of aryl methyl sites for hydroxylation is 5. The standard InChI is InChI=1S/C27H24ClF2N9O/c1-12-10-32-24(16-6-7-31-26(22(16)29)39-14(3)34-35-15(39)4)23(30)25(12)38-13(2)8-19(21(28)27(38)40)17-9-18(17)20-11-33-37(5)36-20/h6-8,10-11,17-18H,9H2,1-5H3/t17-,18-/m0/s1/i5D3. The minimum atomic E-state index is -2.50. The highest BCUT2D eigenvalue weighted by Crippen LogP contribution is 2.55. The van der Waals surface area contributed by atoms with E-state index in [1.54, 1.807) is 33.8 Å². The van der Waals surface area contributed by atoms with Crippen LogP contribution in [0.1, 0.15) is 56.5 Å². The zero-order valence-corrected chi connectivity index (χ0v) is 22.6. The lowest BCUT2D eigenvalue weighted by Crippen LogP contribution is -2.24. The lowest BCUT2D eigenvalue weighted by molar-refractivity contribution is 0.593. The fourth-order valence-electron chi connectivity index (χ4n) is 5.17. The predicted octanol–water partition coefficient (Wildman–Crippen LogP) is 4.44. The van der Waals surface area contributed by atoms with Gasteiger partial charge in [0.05, 0.1) is 17.6 Å². The van der Waals surface area contributed by atoms with Gasteiger partial charge >= 0.3 is 0 Å². The molecule has 0 radical (unpaired) electrons. The molecule has 204 valence electrons. The SMILES string of the molecule is [2H]C([2H])([2H])n1ncc([C@H]2C[C@@H]2c2cc(C)n(-c3c(C)cnc(-c4ccnc(-n5c(C)nnc5C)c4F)c3F)c(=O)c2Cl)n1. The second-order valence-electron chi connectivity index (χ2n) is 9.78. The third kappa shape index (κ3) is 4.01. The topological polar surface area (TPSA) is 109 Å². The van der Waals surface area contributed by atoms with Crippen molar-refractivity contribution < 1.29 is 12.9 Å². The van der Waals surface area contributed by atoms with Crippen LogP contribution in [-0.4, -0.2) is 44.3 Å². The monoisotopic (exact) mass is 566 g/mol. The number of halogens is 3. The second kappa shape index (κ2) is 9.40. The Balaban J connectivity index is 1.41. The van der Waals surface area contributed by atoms with E-state index in [-0.39, 0.29) is 39.6 Å². The molecule has 0 bridgehead atoms. The molecule has 1 saturated carbocycles. The average molecular weight is 567 g/mol. The first-order valence-electron chi connectivity index (χ1n) is 13.8. The molecule has 0 spiro atoms. The van der Waals surface area contributed by atoms with Crippen molar-refractivity contribution >= 4 is 11.6 Å². The Morgan fingerprint density at radius 3 is 2.48 bits per heavy atom. The molecule has 0 unspecified atom stereocenters. The number of aromatic nitrogens is 9. The van der Waals surface area contributed by atoms with Gasteiger partial charge in [0.2, 0.25) is 0 Å². The summed E-state index contributed by atoms with van der Waals surface area (Å²) in [5.74, 6) is -1.42. The average Bonchev–Trinajstić information content (AvgIpc) is 3.42. The summed E-state index contributed by atoms with van der Waals surface area (Å²) in [6, 6.07) is 3.00. The van der Waals surface area contributed by atoms with E-state index in [1.807, 2.05) is 0 Å². The highest BCUT2D eigenvalue weighted by Gasteiger charge is 2.43. The lowest BCUT2D eigenvalue weighted by Gasteiger charge is -2.18. The first kappa shape index (κ1) is 22.5. The van der Waals surface area contributed by atoms with Crippen molar-refractivity contribution in [2.45, 2.75) is 46.0 Å². The Labute approximate surface area is 236 Å². The van der Waals surface area contributed by atoms with Crippen molar-refractivity contribution in [3.8, 4) is 22.8 Å². The maximum absolute atomic E-state index is 16.3. The summed E-state index contributed by atoms with van der Waals surface area (Å²) in [6.07, 6.45) is 4.68. The Morgan fingerprint density at radius 1 is 1.02 bits per heavy atom. The van der Waals surface area contributed by atoms with Crippen molar-refractivity contribution in [2.24, 2.45) is 6.98 Å². The number of rotatable bonds is 5. The quantitative estimate of drug-likeness (QED) is 0.309. The zero-order valence-electron chi connectivity index (χ0n) is 24.8. The first-order valence-corrected chi connectivity index (χ1v) is 12.7. The molecule has 40 heavy (non-hydrogen) atoms. The molecule has 6 rings (SSSR count). The van der Waals surface area contributed by atoms with Crippen LogP contribution >= 0.6 is 11.6 Å². The fourth-order valence-corrected chi connectivity index (χ4v) is 5.45. The normalized spacial score (nSPS) is 17.9. The van der Waals surface area contributed by atoms with Gasteiger partial charge in [0.15, 0.2) is 17.5 Å². The van der Waals surface area contributed by atoms with Crippen LogP contribution < -0.4 is 5.56 Å². The number of nitrogens with zero attached hydrogens (tertiary/aromatic N) is 9. The first-order chi connectivity index (χ1) is 20.3. The summed E-state index contributed by atoms with van der Waals surface area (Å²) in [4.78, 5) is 22.6. The van der Waals surface area contributed by atoms with Crippen molar-refractivity contribution in [1.29, 1.82) is 0 Å². The smallest absolute Gasteiger partial charge is 0.274 e. The molecule has 0 aliphatic heterocycles. The van der Waals surface area contributed by atoms with E-state index in [0.717, 1.165) is 4.57 Å². The molecule has 5 aromatic heterocycles. The van der Waals surface area contributed by atoms with Gasteiger partial charge in [-0.05, 0) is 63.3 Å². The molecule has 0 N–H and O–H groups in total. The van der Waals surface area contributed by atoms with E-state index in [4.69, 9.17) is 15.7 Å². The Kier molecular flexibility index (Phi) is 5.29. The Morgan fingerprint density at radius 2 is 1.77 bits per heavy atom. The third-order valence-electron chi connectivity index (χ3n) is 7.17. The van der Waals surface area contributed by atoms with Gasteiger partial charge in [-0.1, -0.05) is 11.6 Å². The molecule has 5 aromatic rings. The van der Waals surface area contributed by atoms with E-state index >= 15 is 8.78 Å². The van der Waals surface area contributed by atoms with Crippen LogP contribution in [-0.2, 0) is 6.98 Å². The molecular weight excluding hydrogens is 540 g/mol. The van der Waals surface area contributed by atoms with E-state index in [1.165, 1.54) is 29.2 Å². The van der Waals surface area contributed by atoms with Crippen molar-refractivity contribution in [3.05, 3.63) is 91.9 Å². The van der Waals surface area contributed by atoms with E-state index in [2.05, 4.69) is 30.4 Å². The zero-order chi connectivity index (χ0) is 31.0. The minimum absolute atomic E-state index is 0.102. The van der Waals surface area contributed by atoms with Crippen molar-refractivity contribution in [2.75, 3.05) is 0 Å². The highest BCUT2D eigenvalue weighted by atomic mass is 35.5. The van der Waals surface area contributed by atoms with Gasteiger partial charge in [-0.2, -0.15) is 15.0 Å². The summed E-state index contributed by atoms with van der Waals surface area (Å²) in [6.45, 7) is 4.02. The van der Waals surface area contributed by atoms with Crippen LogP contribution in [0.4, 0.5) is 8.78 Å². The highest BCUT2D eigenvalue weighted by molar-refractivity contribution is 6.31. The predicted molar refractivity (Wildman–Crippen MR) is 143 cm³/mol. The fraction of sp³-hybridized carbons (Fsp3) is 0.296. The molecule has 1 aliphatic carbocycles. The molecule has 0 aromatic carbocycles. The molecule has 1 fully saturated rings.